The third-order valence-electron chi connectivity index (χ3n) is 7.09. The first-order valence-electron chi connectivity index (χ1n) is 12.6. The van der Waals surface area contributed by atoms with Gasteiger partial charge in [0.15, 0.2) is 5.69 Å². The Hall–Kier alpha value is -4.28. The number of amides is 1. The zero-order valence-corrected chi connectivity index (χ0v) is 21.7. The molecular weight excluding hydrogens is 529 g/mol. The second kappa shape index (κ2) is 10.4. The molecule has 0 unspecified atom stereocenters. The molecule has 6 nitrogen and oxygen atoms in total. The lowest BCUT2D eigenvalue weighted by atomic mass is 9.95. The van der Waals surface area contributed by atoms with E-state index in [1.54, 1.807) is 38.5 Å². The van der Waals surface area contributed by atoms with E-state index in [9.17, 15) is 22.4 Å². The van der Waals surface area contributed by atoms with E-state index >= 15 is 4.39 Å². The maximum absolute atomic E-state index is 16.0. The summed E-state index contributed by atoms with van der Waals surface area (Å²) in [5, 5.41) is 11.0. The van der Waals surface area contributed by atoms with Gasteiger partial charge in [0.1, 0.15) is 11.6 Å². The summed E-state index contributed by atoms with van der Waals surface area (Å²) >= 11 is 0. The van der Waals surface area contributed by atoms with Crippen LogP contribution in [0, 0.1) is 29.9 Å². The molecule has 4 aromatic rings. The monoisotopic (exact) mass is 555 g/mol. The van der Waals surface area contributed by atoms with Crippen LogP contribution in [-0.2, 0) is 19.8 Å². The number of nitrogens with one attached hydrogen (secondary N) is 2. The van der Waals surface area contributed by atoms with Gasteiger partial charge in [-0.25, -0.2) is 8.78 Å². The Labute approximate surface area is 226 Å². The normalized spacial score (nSPS) is 14.3. The van der Waals surface area contributed by atoms with Crippen molar-refractivity contribution in [3.05, 3.63) is 106 Å². The number of aromatic nitrogens is 3. The van der Waals surface area contributed by atoms with Gasteiger partial charge in [-0.1, -0.05) is 18.2 Å². The SMILES string of the molecule is Cc1cc([C@@H](NC(=O)c2cc(Cn3ccn(C)c3=N)cc(-c3cccnc3C(F)(F)F)c2F)C2CC2)ccc1F. The summed E-state index contributed by atoms with van der Waals surface area (Å²) in [6, 6.07) is 8.90. The lowest BCUT2D eigenvalue weighted by Gasteiger charge is -2.21. The van der Waals surface area contributed by atoms with Gasteiger partial charge in [-0.3, -0.25) is 15.2 Å². The smallest absolute Gasteiger partial charge is 0.345 e. The number of hydrogen-bond donors (Lipinski definition) is 2. The van der Waals surface area contributed by atoms with Crippen LogP contribution in [0.15, 0.2) is 61.1 Å². The van der Waals surface area contributed by atoms with Gasteiger partial charge in [0.05, 0.1) is 18.2 Å². The third kappa shape index (κ3) is 5.41. The minimum Gasteiger partial charge on any atom is -0.345 e. The Morgan fingerprint density at radius 1 is 1.12 bits per heavy atom. The molecule has 1 aliphatic carbocycles. The second-order valence-electron chi connectivity index (χ2n) is 10.1. The summed E-state index contributed by atoms with van der Waals surface area (Å²) in [5.41, 5.74) is -1.14. The standard InChI is InChI=1S/C29H26F5N5O/c1-16-12-19(7-8-23(16)30)25(18-5-6-18)37-27(40)22-14-17(15-39-11-10-38(2)28(39)35)13-21(24(22)31)20-4-3-9-36-26(20)29(32,33)34/h3-4,7-14,18,25,35H,5-6,15H2,1-2H3,(H,37,40)/t25-/m0/s1. The molecule has 1 fully saturated rings. The van der Waals surface area contributed by atoms with Crippen molar-refractivity contribution in [3.63, 3.8) is 0 Å². The average Bonchev–Trinajstić information content (AvgIpc) is 3.71. The highest BCUT2D eigenvalue weighted by Crippen LogP contribution is 2.42. The maximum atomic E-state index is 16.0. The fourth-order valence-electron chi connectivity index (χ4n) is 4.82. The third-order valence-corrected chi connectivity index (χ3v) is 7.09. The topological polar surface area (TPSA) is 75.7 Å². The molecule has 1 aliphatic rings. The maximum Gasteiger partial charge on any atom is 0.433 e. The van der Waals surface area contributed by atoms with Gasteiger partial charge in [-0.2, -0.15) is 13.2 Å². The van der Waals surface area contributed by atoms with Gasteiger partial charge < -0.3 is 14.5 Å². The van der Waals surface area contributed by atoms with Crippen LogP contribution < -0.4 is 10.9 Å². The molecule has 2 aromatic heterocycles. The molecule has 208 valence electrons. The number of imidazole rings is 1. The number of rotatable bonds is 7. The van der Waals surface area contributed by atoms with E-state index in [0.29, 0.717) is 16.7 Å². The first-order valence-corrected chi connectivity index (χ1v) is 12.6. The van der Waals surface area contributed by atoms with Gasteiger partial charge in [-0.15, -0.1) is 0 Å². The van der Waals surface area contributed by atoms with E-state index in [1.165, 1.54) is 33.4 Å². The van der Waals surface area contributed by atoms with Crippen LogP contribution in [0.1, 0.15) is 51.6 Å². The fourth-order valence-corrected chi connectivity index (χ4v) is 4.82. The number of aryl methyl sites for hydroxylation is 2. The first kappa shape index (κ1) is 27.3. The molecule has 0 saturated heterocycles. The van der Waals surface area contributed by atoms with E-state index in [1.807, 2.05) is 0 Å². The average molecular weight is 556 g/mol. The Bertz CT molecular complexity index is 1650. The van der Waals surface area contributed by atoms with Crippen LogP contribution in [0.25, 0.3) is 11.1 Å². The van der Waals surface area contributed by atoms with Gasteiger partial charge in [0.25, 0.3) is 5.91 Å². The van der Waals surface area contributed by atoms with Crippen molar-refractivity contribution in [3.8, 4) is 11.1 Å². The highest BCUT2D eigenvalue weighted by atomic mass is 19.4. The number of nitrogens with zero attached hydrogens (tertiary/aromatic N) is 3. The fraction of sp³-hybridized carbons (Fsp3) is 0.276. The highest BCUT2D eigenvalue weighted by molar-refractivity contribution is 5.96. The van der Waals surface area contributed by atoms with Gasteiger partial charge in [0.2, 0.25) is 5.62 Å². The van der Waals surface area contributed by atoms with Crippen molar-refractivity contribution in [2.75, 3.05) is 0 Å². The molecule has 1 atom stereocenters. The van der Waals surface area contributed by atoms with Crippen molar-refractivity contribution >= 4 is 5.91 Å². The predicted molar refractivity (Wildman–Crippen MR) is 137 cm³/mol. The number of halogens is 5. The molecule has 0 bridgehead atoms. The highest BCUT2D eigenvalue weighted by Gasteiger charge is 2.37. The van der Waals surface area contributed by atoms with Crippen LogP contribution in [0.2, 0.25) is 0 Å². The number of carbonyl (C=O) groups is 1. The Morgan fingerprint density at radius 3 is 2.50 bits per heavy atom. The Kier molecular flexibility index (Phi) is 7.07. The molecular formula is C29H26F5N5O. The molecule has 0 aliphatic heterocycles. The quantitative estimate of drug-likeness (QED) is 0.279. The molecule has 2 aromatic carbocycles. The lowest BCUT2D eigenvalue weighted by molar-refractivity contribution is -0.140. The zero-order chi connectivity index (χ0) is 28.8. The van der Waals surface area contributed by atoms with Crippen molar-refractivity contribution in [1.82, 2.24) is 19.4 Å². The van der Waals surface area contributed by atoms with E-state index in [4.69, 9.17) is 5.41 Å². The molecule has 1 saturated carbocycles. The molecule has 40 heavy (non-hydrogen) atoms. The summed E-state index contributed by atoms with van der Waals surface area (Å²) < 4.78 is 74.4. The summed E-state index contributed by atoms with van der Waals surface area (Å²) in [6.07, 6.45) is 0.984. The van der Waals surface area contributed by atoms with E-state index in [-0.39, 0.29) is 18.1 Å². The largest absolute Gasteiger partial charge is 0.433 e. The van der Waals surface area contributed by atoms with E-state index in [2.05, 4.69) is 10.3 Å². The first-order chi connectivity index (χ1) is 18.9. The summed E-state index contributed by atoms with van der Waals surface area (Å²) in [7, 11) is 1.66. The number of pyridine rings is 1. The second-order valence-corrected chi connectivity index (χ2v) is 10.1. The minimum atomic E-state index is -4.86. The Balaban J connectivity index is 1.60. The van der Waals surface area contributed by atoms with Crippen LogP contribution >= 0.6 is 0 Å². The molecule has 0 spiro atoms. The van der Waals surface area contributed by atoms with Gasteiger partial charge in [0, 0.05) is 36.8 Å². The molecule has 2 heterocycles. The Morgan fingerprint density at radius 2 is 1.88 bits per heavy atom. The number of alkyl halides is 3. The summed E-state index contributed by atoms with van der Waals surface area (Å²) in [6.45, 7) is 1.62. The van der Waals surface area contributed by atoms with Crippen molar-refractivity contribution in [1.29, 1.82) is 5.41 Å². The molecule has 5 rings (SSSR count). The van der Waals surface area contributed by atoms with Crippen molar-refractivity contribution in [2.24, 2.45) is 13.0 Å². The van der Waals surface area contributed by atoms with E-state index < -0.39 is 52.1 Å². The number of benzene rings is 2. The molecule has 1 amide bonds. The molecule has 2 N–H and O–H groups in total. The van der Waals surface area contributed by atoms with Gasteiger partial charge >= 0.3 is 6.18 Å². The molecule has 0 radical (unpaired) electrons. The molecule has 11 heteroatoms. The van der Waals surface area contributed by atoms with Gasteiger partial charge in [-0.05, 0) is 66.6 Å². The summed E-state index contributed by atoms with van der Waals surface area (Å²) in [5.74, 6) is -2.24. The number of hydrogen-bond acceptors (Lipinski definition) is 3. The number of carbonyl (C=O) groups excluding carboxylic acids is 1. The minimum absolute atomic E-state index is 0.0120. The zero-order valence-electron chi connectivity index (χ0n) is 21.7. The van der Waals surface area contributed by atoms with Crippen molar-refractivity contribution < 1.29 is 26.7 Å². The van der Waals surface area contributed by atoms with E-state index in [0.717, 1.165) is 25.1 Å². The van der Waals surface area contributed by atoms with Crippen LogP contribution in [-0.4, -0.2) is 20.0 Å². The predicted octanol–water partition coefficient (Wildman–Crippen LogP) is 5.90. The van der Waals surface area contributed by atoms with Crippen LogP contribution in [0.4, 0.5) is 22.0 Å². The van der Waals surface area contributed by atoms with Crippen molar-refractivity contribution in [2.45, 2.75) is 38.5 Å². The van der Waals surface area contributed by atoms with Crippen LogP contribution in [0.5, 0.6) is 0 Å². The summed E-state index contributed by atoms with van der Waals surface area (Å²) in [4.78, 5) is 17.0. The lowest BCUT2D eigenvalue weighted by Crippen LogP contribution is -2.31. The van der Waals surface area contributed by atoms with Crippen LogP contribution in [0.3, 0.4) is 0 Å².